The summed E-state index contributed by atoms with van der Waals surface area (Å²) in [6, 6.07) is 12.7. The Labute approximate surface area is 244 Å². The number of nitrogens with one attached hydrogen (secondary N) is 3. The van der Waals surface area contributed by atoms with Crippen LogP contribution < -0.4 is 16.0 Å². The number of carbonyl (C=O) groups is 4. The van der Waals surface area contributed by atoms with Crippen molar-refractivity contribution >= 4 is 41.1 Å². The van der Waals surface area contributed by atoms with Gasteiger partial charge in [-0.25, -0.2) is 4.98 Å². The number of nitrogens with zero attached hydrogens (tertiary/aromatic N) is 3. The third kappa shape index (κ3) is 5.74. The Morgan fingerprint density at radius 2 is 1.76 bits per heavy atom. The number of anilines is 3. The van der Waals surface area contributed by atoms with Crippen molar-refractivity contribution < 1.29 is 19.2 Å². The first-order chi connectivity index (χ1) is 20.5. The van der Waals surface area contributed by atoms with Gasteiger partial charge >= 0.3 is 0 Å². The van der Waals surface area contributed by atoms with Crippen LogP contribution in [-0.4, -0.2) is 51.1 Å². The number of aromatic nitrogens is 2. The zero-order valence-corrected chi connectivity index (χ0v) is 23.4. The minimum Gasteiger partial charge on any atom is -0.370 e. The molecule has 1 saturated heterocycles. The third-order valence-corrected chi connectivity index (χ3v) is 8.24. The summed E-state index contributed by atoms with van der Waals surface area (Å²) >= 11 is 0. The molecule has 42 heavy (non-hydrogen) atoms. The molecule has 1 unspecified atom stereocenters. The van der Waals surface area contributed by atoms with Crippen LogP contribution in [0.25, 0.3) is 0 Å². The van der Waals surface area contributed by atoms with Gasteiger partial charge in [0.1, 0.15) is 11.9 Å². The number of fused-ring (bicyclic) bond motifs is 2. The molecule has 1 aromatic heterocycles. The van der Waals surface area contributed by atoms with E-state index in [2.05, 4.69) is 44.1 Å². The molecule has 3 aliphatic rings. The van der Waals surface area contributed by atoms with Crippen LogP contribution >= 0.6 is 0 Å². The second-order valence-electron chi connectivity index (χ2n) is 11.1. The molecule has 4 amide bonds. The summed E-state index contributed by atoms with van der Waals surface area (Å²) in [6.07, 6.45) is 9.99. The topological polar surface area (TPSA) is 133 Å². The summed E-state index contributed by atoms with van der Waals surface area (Å²) in [4.78, 5) is 60.1. The van der Waals surface area contributed by atoms with Crippen LogP contribution in [0.2, 0.25) is 0 Å². The number of carbonyl (C=O) groups excluding carboxylic acids is 4. The second kappa shape index (κ2) is 12.1. The highest BCUT2D eigenvalue weighted by molar-refractivity contribution is 6.24. The number of benzene rings is 2. The van der Waals surface area contributed by atoms with E-state index in [0.717, 1.165) is 67.0 Å². The Morgan fingerprint density at radius 3 is 2.64 bits per heavy atom. The van der Waals surface area contributed by atoms with E-state index in [4.69, 9.17) is 0 Å². The number of unbranched alkanes of at least 4 members (excludes halogenated alkanes) is 3. The van der Waals surface area contributed by atoms with E-state index in [1.54, 1.807) is 18.3 Å². The molecule has 2 aliphatic heterocycles. The van der Waals surface area contributed by atoms with Crippen LogP contribution in [0.15, 0.2) is 48.7 Å². The molecule has 3 aromatic rings. The van der Waals surface area contributed by atoms with Gasteiger partial charge in [-0.2, -0.15) is 4.98 Å². The monoisotopic (exact) mass is 566 g/mol. The SMILES string of the molecule is O=C1CCC(N2C(=O)c3cccc(CCCCCCNc4ccnc(Nc5ccc6c(c5)CCC6)n4)c3C2=O)C(=O)N1. The molecule has 0 spiro atoms. The first-order valence-corrected chi connectivity index (χ1v) is 14.8. The number of hydrogen-bond acceptors (Lipinski definition) is 8. The second-order valence-corrected chi connectivity index (χ2v) is 11.1. The van der Waals surface area contributed by atoms with E-state index < -0.39 is 23.8 Å². The number of hydrogen-bond donors (Lipinski definition) is 3. The summed E-state index contributed by atoms with van der Waals surface area (Å²) in [5.41, 5.74) is 5.39. The highest BCUT2D eigenvalue weighted by atomic mass is 16.2. The van der Waals surface area contributed by atoms with Gasteiger partial charge < -0.3 is 10.6 Å². The first kappa shape index (κ1) is 27.6. The van der Waals surface area contributed by atoms with Crippen molar-refractivity contribution in [1.29, 1.82) is 0 Å². The van der Waals surface area contributed by atoms with Crippen LogP contribution in [0.1, 0.15) is 82.4 Å². The van der Waals surface area contributed by atoms with Gasteiger partial charge in [0.25, 0.3) is 11.8 Å². The molecule has 216 valence electrons. The molecule has 6 rings (SSSR count). The molecule has 0 bridgehead atoms. The van der Waals surface area contributed by atoms with Gasteiger partial charge in [-0.15, -0.1) is 0 Å². The van der Waals surface area contributed by atoms with Gasteiger partial charge in [-0.05, 0) is 85.9 Å². The molecule has 10 heteroatoms. The zero-order chi connectivity index (χ0) is 29.1. The normalized spacial score (nSPS) is 17.7. The van der Waals surface area contributed by atoms with Gasteiger partial charge in [0.15, 0.2) is 0 Å². The van der Waals surface area contributed by atoms with Crippen LogP contribution in [-0.2, 0) is 28.9 Å². The van der Waals surface area contributed by atoms with Crippen LogP contribution in [0.5, 0.6) is 0 Å². The Hall–Kier alpha value is -4.60. The predicted molar refractivity (Wildman–Crippen MR) is 158 cm³/mol. The minimum atomic E-state index is -0.948. The van der Waals surface area contributed by atoms with E-state index >= 15 is 0 Å². The van der Waals surface area contributed by atoms with E-state index in [1.807, 2.05) is 12.1 Å². The molecule has 1 aliphatic carbocycles. The maximum absolute atomic E-state index is 13.3. The summed E-state index contributed by atoms with van der Waals surface area (Å²) in [5, 5.41) is 8.93. The van der Waals surface area contributed by atoms with Crippen LogP contribution in [0.3, 0.4) is 0 Å². The summed E-state index contributed by atoms with van der Waals surface area (Å²) in [7, 11) is 0. The Bertz CT molecular complexity index is 1550. The zero-order valence-electron chi connectivity index (χ0n) is 23.4. The number of piperidine rings is 1. The lowest BCUT2D eigenvalue weighted by molar-refractivity contribution is -0.136. The lowest BCUT2D eigenvalue weighted by Crippen LogP contribution is -2.54. The molecule has 0 saturated carbocycles. The van der Waals surface area contributed by atoms with Crippen molar-refractivity contribution in [3.8, 4) is 0 Å². The largest absolute Gasteiger partial charge is 0.370 e. The molecular formula is C32H34N6O4. The van der Waals surface area contributed by atoms with Gasteiger partial charge in [0, 0.05) is 24.8 Å². The summed E-state index contributed by atoms with van der Waals surface area (Å²) in [6.45, 7) is 0.782. The fourth-order valence-electron chi connectivity index (χ4n) is 6.10. The molecular weight excluding hydrogens is 532 g/mol. The van der Waals surface area contributed by atoms with Gasteiger partial charge in [-0.1, -0.05) is 31.0 Å². The van der Waals surface area contributed by atoms with Gasteiger partial charge in [0.2, 0.25) is 17.8 Å². The van der Waals surface area contributed by atoms with Crippen molar-refractivity contribution in [2.45, 2.75) is 70.3 Å². The van der Waals surface area contributed by atoms with Crippen molar-refractivity contribution in [1.82, 2.24) is 20.2 Å². The number of amides is 4. The van der Waals surface area contributed by atoms with Gasteiger partial charge in [-0.3, -0.25) is 29.4 Å². The predicted octanol–water partition coefficient (Wildman–Crippen LogP) is 4.33. The molecule has 10 nitrogen and oxygen atoms in total. The van der Waals surface area contributed by atoms with Crippen LogP contribution in [0.4, 0.5) is 17.5 Å². The Kier molecular flexibility index (Phi) is 7.94. The van der Waals surface area contributed by atoms with Crippen molar-refractivity contribution in [3.63, 3.8) is 0 Å². The van der Waals surface area contributed by atoms with Crippen molar-refractivity contribution in [3.05, 3.63) is 76.5 Å². The fraction of sp³-hybridized carbons (Fsp3) is 0.375. The molecule has 1 atom stereocenters. The van der Waals surface area contributed by atoms with E-state index in [9.17, 15) is 19.2 Å². The standard InChI is InChI=1S/C32H34N6O4/c39-27-15-14-25(29(40)37-27)38-30(41)24-11-6-9-21(28(24)31(38)42)7-3-1-2-4-17-33-26-16-18-34-32(36-26)35-23-13-12-20-8-5-10-22(20)19-23/h6,9,11-13,16,18-19,25H,1-5,7-8,10,14-15,17H2,(H,37,39,40)(H2,33,34,35,36). The molecule has 0 radical (unpaired) electrons. The average molecular weight is 567 g/mol. The summed E-state index contributed by atoms with van der Waals surface area (Å²) < 4.78 is 0. The number of rotatable bonds is 11. The van der Waals surface area contributed by atoms with Crippen molar-refractivity contribution in [2.75, 3.05) is 17.2 Å². The molecule has 2 aromatic carbocycles. The molecule has 3 N–H and O–H groups in total. The molecule has 3 heterocycles. The lowest BCUT2D eigenvalue weighted by atomic mass is 9.97. The fourth-order valence-corrected chi connectivity index (χ4v) is 6.10. The van der Waals surface area contributed by atoms with E-state index in [0.29, 0.717) is 23.5 Å². The highest BCUT2D eigenvalue weighted by Crippen LogP contribution is 2.31. The van der Waals surface area contributed by atoms with Gasteiger partial charge in [0.05, 0.1) is 11.1 Å². The minimum absolute atomic E-state index is 0.107. The van der Waals surface area contributed by atoms with E-state index in [-0.39, 0.29) is 18.7 Å². The maximum atomic E-state index is 13.3. The lowest BCUT2D eigenvalue weighted by Gasteiger charge is -2.27. The number of aryl methyl sites for hydroxylation is 3. The van der Waals surface area contributed by atoms with Crippen molar-refractivity contribution in [2.24, 2.45) is 0 Å². The van der Waals surface area contributed by atoms with Crippen LogP contribution in [0, 0.1) is 0 Å². The highest BCUT2D eigenvalue weighted by Gasteiger charge is 2.45. The first-order valence-electron chi connectivity index (χ1n) is 14.8. The smallest absolute Gasteiger partial charge is 0.262 e. The number of imide groups is 2. The Balaban J connectivity index is 0.956. The maximum Gasteiger partial charge on any atom is 0.262 e. The third-order valence-electron chi connectivity index (χ3n) is 8.24. The average Bonchev–Trinajstić information content (AvgIpc) is 3.55. The molecule has 1 fully saturated rings. The quantitative estimate of drug-likeness (QED) is 0.231. The van der Waals surface area contributed by atoms with E-state index in [1.165, 1.54) is 17.5 Å². The summed E-state index contributed by atoms with van der Waals surface area (Å²) in [5.74, 6) is -0.542. The Morgan fingerprint density at radius 1 is 0.905 bits per heavy atom.